The zero-order chi connectivity index (χ0) is 21.8. The molecule has 0 saturated carbocycles. The molecule has 1 fully saturated rings. The molecule has 0 radical (unpaired) electrons. The molecule has 1 aromatic heterocycles. The minimum Gasteiger partial charge on any atom is -0.494 e. The maximum atomic E-state index is 12.9. The summed E-state index contributed by atoms with van der Waals surface area (Å²) in [5.41, 5.74) is 0.766. The summed E-state index contributed by atoms with van der Waals surface area (Å²) >= 11 is 0. The summed E-state index contributed by atoms with van der Waals surface area (Å²) in [7, 11) is -3.61. The molecule has 0 spiro atoms. The summed E-state index contributed by atoms with van der Waals surface area (Å²) in [6.07, 6.45) is 3.11. The highest BCUT2D eigenvalue weighted by Crippen LogP contribution is 2.22. The van der Waals surface area contributed by atoms with Gasteiger partial charge in [-0.05, 0) is 49.4 Å². The number of amides is 1. The van der Waals surface area contributed by atoms with Gasteiger partial charge in [-0.3, -0.25) is 4.79 Å². The van der Waals surface area contributed by atoms with Crippen LogP contribution in [0.3, 0.4) is 0 Å². The smallest absolute Gasteiger partial charge is 0.246 e. The lowest BCUT2D eigenvalue weighted by Gasteiger charge is -2.33. The molecule has 0 atom stereocenters. The molecule has 1 amide bonds. The summed E-state index contributed by atoms with van der Waals surface area (Å²) in [5, 5.41) is 0.975. The van der Waals surface area contributed by atoms with E-state index in [2.05, 4.69) is 0 Å². The van der Waals surface area contributed by atoms with Crippen molar-refractivity contribution < 1.29 is 22.4 Å². The molecule has 162 valence electrons. The number of rotatable bonds is 6. The van der Waals surface area contributed by atoms with Gasteiger partial charge in [0.25, 0.3) is 0 Å². The summed E-state index contributed by atoms with van der Waals surface area (Å²) in [6, 6.07) is 15.9. The minimum atomic E-state index is -3.61. The Bertz CT molecular complexity index is 1160. The number of fused-ring (bicyclic) bond motifs is 1. The lowest BCUT2D eigenvalue weighted by molar-refractivity contribution is -0.127. The van der Waals surface area contributed by atoms with Crippen molar-refractivity contribution in [1.82, 2.24) is 9.21 Å². The first-order valence-electron chi connectivity index (χ1n) is 10.2. The fourth-order valence-corrected chi connectivity index (χ4v) is 4.94. The molecule has 4 rings (SSSR count). The molecule has 0 unspecified atom stereocenters. The van der Waals surface area contributed by atoms with Crippen LogP contribution < -0.4 is 4.74 Å². The van der Waals surface area contributed by atoms with Crippen LogP contribution in [-0.2, 0) is 14.8 Å². The topological polar surface area (TPSA) is 80.1 Å². The van der Waals surface area contributed by atoms with Gasteiger partial charge in [-0.1, -0.05) is 18.2 Å². The SMILES string of the molecule is CCOc1ccc(S(=O)(=O)N2CCN(C(=O)/C=C/c3cc4ccccc4o3)CC2)cc1. The van der Waals surface area contributed by atoms with Gasteiger partial charge in [-0.25, -0.2) is 8.42 Å². The van der Waals surface area contributed by atoms with E-state index in [4.69, 9.17) is 9.15 Å². The molecular formula is C23H24N2O5S. The predicted molar refractivity (Wildman–Crippen MR) is 118 cm³/mol. The van der Waals surface area contributed by atoms with Gasteiger partial charge < -0.3 is 14.1 Å². The molecule has 1 saturated heterocycles. The molecular weight excluding hydrogens is 416 g/mol. The van der Waals surface area contributed by atoms with E-state index in [-0.39, 0.29) is 23.9 Å². The zero-order valence-corrected chi connectivity index (χ0v) is 18.0. The highest BCUT2D eigenvalue weighted by molar-refractivity contribution is 7.89. The fourth-order valence-electron chi connectivity index (χ4n) is 3.52. The van der Waals surface area contributed by atoms with Gasteiger partial charge in [-0.15, -0.1) is 0 Å². The third kappa shape index (κ3) is 4.65. The minimum absolute atomic E-state index is 0.168. The van der Waals surface area contributed by atoms with Crippen LogP contribution in [0, 0.1) is 0 Å². The van der Waals surface area contributed by atoms with Gasteiger partial charge >= 0.3 is 0 Å². The first kappa shape index (κ1) is 21.1. The number of benzene rings is 2. The van der Waals surface area contributed by atoms with Crippen molar-refractivity contribution in [3.05, 3.63) is 66.4 Å². The number of sulfonamides is 1. The Morgan fingerprint density at radius 2 is 1.77 bits per heavy atom. The second kappa shape index (κ2) is 8.95. The number of nitrogens with zero attached hydrogens (tertiary/aromatic N) is 2. The van der Waals surface area contributed by atoms with Crippen LogP contribution in [0.2, 0.25) is 0 Å². The fraction of sp³-hybridized carbons (Fsp3) is 0.261. The van der Waals surface area contributed by atoms with Gasteiger partial charge in [0.15, 0.2) is 0 Å². The van der Waals surface area contributed by atoms with E-state index in [0.29, 0.717) is 31.2 Å². The Kier molecular flexibility index (Phi) is 6.11. The molecule has 8 heteroatoms. The third-order valence-electron chi connectivity index (χ3n) is 5.16. The highest BCUT2D eigenvalue weighted by Gasteiger charge is 2.29. The number of hydrogen-bond donors (Lipinski definition) is 0. The Balaban J connectivity index is 1.36. The average molecular weight is 441 g/mol. The lowest BCUT2D eigenvalue weighted by Crippen LogP contribution is -2.50. The van der Waals surface area contributed by atoms with Crippen molar-refractivity contribution in [2.75, 3.05) is 32.8 Å². The zero-order valence-electron chi connectivity index (χ0n) is 17.2. The van der Waals surface area contributed by atoms with Crippen molar-refractivity contribution in [2.24, 2.45) is 0 Å². The molecule has 0 N–H and O–H groups in total. The molecule has 31 heavy (non-hydrogen) atoms. The van der Waals surface area contributed by atoms with Gasteiger partial charge in [0.1, 0.15) is 17.1 Å². The van der Waals surface area contributed by atoms with Crippen molar-refractivity contribution in [1.29, 1.82) is 0 Å². The first-order chi connectivity index (χ1) is 15.0. The van der Waals surface area contributed by atoms with Crippen LogP contribution in [0.25, 0.3) is 17.0 Å². The van der Waals surface area contributed by atoms with E-state index in [1.165, 1.54) is 10.4 Å². The number of piperazine rings is 1. The molecule has 2 heterocycles. The van der Waals surface area contributed by atoms with Crippen LogP contribution >= 0.6 is 0 Å². The second-order valence-corrected chi connectivity index (χ2v) is 9.09. The molecule has 1 aliphatic rings. The van der Waals surface area contributed by atoms with Crippen molar-refractivity contribution >= 4 is 33.0 Å². The third-order valence-corrected chi connectivity index (χ3v) is 7.07. The van der Waals surface area contributed by atoms with Crippen LogP contribution in [0.1, 0.15) is 12.7 Å². The molecule has 1 aliphatic heterocycles. The summed E-state index contributed by atoms with van der Waals surface area (Å²) in [4.78, 5) is 14.4. The number of carbonyl (C=O) groups is 1. The number of para-hydroxylation sites is 1. The van der Waals surface area contributed by atoms with Crippen LogP contribution in [0.5, 0.6) is 5.75 Å². The number of hydrogen-bond acceptors (Lipinski definition) is 5. The van der Waals surface area contributed by atoms with Gasteiger partial charge in [0.2, 0.25) is 15.9 Å². The molecule has 7 nitrogen and oxygen atoms in total. The van der Waals surface area contributed by atoms with Crippen LogP contribution in [0.15, 0.2) is 70.0 Å². The standard InChI is InChI=1S/C23H24N2O5S/c1-2-29-19-7-10-21(11-8-19)31(27,28)25-15-13-24(14-16-25)23(26)12-9-20-17-18-5-3-4-6-22(18)30-20/h3-12,17H,2,13-16H2,1H3/b12-9+. The molecule has 0 bridgehead atoms. The van der Waals surface area contributed by atoms with Crippen LogP contribution in [0.4, 0.5) is 0 Å². The Labute approximate surface area is 181 Å². The highest BCUT2D eigenvalue weighted by atomic mass is 32.2. The summed E-state index contributed by atoms with van der Waals surface area (Å²) < 4.78 is 38.2. The first-order valence-corrected chi connectivity index (χ1v) is 11.6. The van der Waals surface area contributed by atoms with Gasteiger partial charge in [0.05, 0.1) is 11.5 Å². The maximum absolute atomic E-state index is 12.9. The van der Waals surface area contributed by atoms with Crippen LogP contribution in [-0.4, -0.2) is 56.3 Å². The van der Waals surface area contributed by atoms with E-state index in [9.17, 15) is 13.2 Å². The monoisotopic (exact) mass is 440 g/mol. The van der Waals surface area contributed by atoms with Crippen molar-refractivity contribution in [3.63, 3.8) is 0 Å². The van der Waals surface area contributed by atoms with E-state index in [1.807, 2.05) is 37.3 Å². The lowest BCUT2D eigenvalue weighted by atomic mass is 10.2. The Morgan fingerprint density at radius 1 is 1.06 bits per heavy atom. The van der Waals surface area contributed by atoms with Crippen molar-refractivity contribution in [2.45, 2.75) is 11.8 Å². The van der Waals surface area contributed by atoms with E-state index in [0.717, 1.165) is 11.0 Å². The predicted octanol–water partition coefficient (Wildman–Crippen LogP) is 3.38. The van der Waals surface area contributed by atoms with Gasteiger partial charge in [0, 0.05) is 37.6 Å². The number of carbonyl (C=O) groups excluding carboxylic acids is 1. The molecule has 2 aromatic carbocycles. The average Bonchev–Trinajstić information content (AvgIpc) is 3.21. The number of furan rings is 1. The largest absolute Gasteiger partial charge is 0.494 e. The number of ether oxygens (including phenoxy) is 1. The summed E-state index contributed by atoms with van der Waals surface area (Å²) in [5.74, 6) is 1.07. The molecule has 0 aliphatic carbocycles. The maximum Gasteiger partial charge on any atom is 0.246 e. The second-order valence-electron chi connectivity index (χ2n) is 7.15. The van der Waals surface area contributed by atoms with Gasteiger partial charge in [-0.2, -0.15) is 4.31 Å². The van der Waals surface area contributed by atoms with E-state index in [1.54, 1.807) is 35.2 Å². The van der Waals surface area contributed by atoms with E-state index >= 15 is 0 Å². The Hall–Kier alpha value is -3.10. The van der Waals surface area contributed by atoms with Crippen molar-refractivity contribution in [3.8, 4) is 5.75 Å². The molecule has 3 aromatic rings. The Morgan fingerprint density at radius 3 is 2.45 bits per heavy atom. The quantitative estimate of drug-likeness (QED) is 0.549. The normalized spacial score (nSPS) is 15.6. The van der Waals surface area contributed by atoms with E-state index < -0.39 is 10.0 Å². The summed E-state index contributed by atoms with van der Waals surface area (Å²) in [6.45, 7) is 3.56.